The first-order chi connectivity index (χ1) is 25.8. The number of hydrogen-bond acceptors (Lipinski definition) is 7. The summed E-state index contributed by atoms with van der Waals surface area (Å²) >= 11 is 7.36. The number of aromatic nitrogens is 4. The second-order valence-electron chi connectivity index (χ2n) is 12.9. The molecule has 2 heterocycles. The number of thiocarbonyl (C=S) groups is 1. The molecule has 1 N–H and O–H groups in total. The van der Waals surface area contributed by atoms with Crippen molar-refractivity contribution in [2.24, 2.45) is 4.99 Å². The molecule has 0 spiro atoms. The number of alkyl carbamates (subject to hydrolysis) is 1. The number of carbonyl (C=O) groups is 1. The standard InChI is InChI=1S/C40H37F3N6O3S2/c1-25(2)33-20-26(3)10-19-35(33)49-27(4)23-54-38(49)46-36(53)21-34(45-39(50)51-22-28-8-6-5-7-9-28)29-11-13-30(14-12-29)37-44-24-48(47-37)31-15-17-32(18-16-31)52-40(41,42)43/h5-20,23-25,34H,21-22H2,1-4H3,(H,45,50). The van der Waals surface area contributed by atoms with E-state index in [1.165, 1.54) is 57.7 Å². The van der Waals surface area contributed by atoms with E-state index >= 15 is 0 Å². The second kappa shape index (κ2) is 16.6. The van der Waals surface area contributed by atoms with Crippen LogP contribution in [0.3, 0.4) is 0 Å². The lowest BCUT2D eigenvalue weighted by Crippen LogP contribution is -2.30. The number of amides is 1. The Hall–Kier alpha value is -5.60. The van der Waals surface area contributed by atoms with Gasteiger partial charge in [-0.1, -0.05) is 98.4 Å². The van der Waals surface area contributed by atoms with Gasteiger partial charge in [0.1, 0.15) is 23.7 Å². The van der Waals surface area contributed by atoms with Crippen LogP contribution in [0.1, 0.15) is 60.2 Å². The zero-order valence-electron chi connectivity index (χ0n) is 29.9. The number of benzene rings is 4. The lowest BCUT2D eigenvalue weighted by molar-refractivity contribution is -0.274. The van der Waals surface area contributed by atoms with Gasteiger partial charge in [0, 0.05) is 23.1 Å². The summed E-state index contributed by atoms with van der Waals surface area (Å²) in [5, 5.41) is 9.53. The van der Waals surface area contributed by atoms with Crippen molar-refractivity contribution in [2.75, 3.05) is 0 Å². The van der Waals surface area contributed by atoms with E-state index in [1.54, 1.807) is 0 Å². The van der Waals surface area contributed by atoms with Crippen LogP contribution in [-0.2, 0) is 11.3 Å². The fourth-order valence-corrected chi connectivity index (χ4v) is 6.98. The Balaban J connectivity index is 1.24. The molecule has 0 aliphatic carbocycles. The number of nitrogens with zero attached hydrogens (tertiary/aromatic N) is 5. The number of nitrogens with one attached hydrogen (secondary N) is 1. The van der Waals surface area contributed by atoms with Crippen molar-refractivity contribution in [3.8, 4) is 28.5 Å². The number of aryl methyl sites for hydroxylation is 2. The SMILES string of the molecule is Cc1ccc(-n2c(C)csc2=NC(=S)CC(NC(=O)OCc2ccccc2)c2ccc(-c3ncn(-c4ccc(OC(F)(F)F)cc4)n3)cc2)c(C(C)C)c1. The molecule has 2 aromatic heterocycles. The van der Waals surface area contributed by atoms with E-state index < -0.39 is 18.5 Å². The molecule has 0 radical (unpaired) electrons. The molecule has 6 rings (SSSR count). The van der Waals surface area contributed by atoms with E-state index in [2.05, 4.69) is 63.7 Å². The van der Waals surface area contributed by atoms with Crippen LogP contribution in [0.25, 0.3) is 22.8 Å². The van der Waals surface area contributed by atoms with Gasteiger partial charge in [0.25, 0.3) is 0 Å². The van der Waals surface area contributed by atoms with Crippen LogP contribution in [0, 0.1) is 13.8 Å². The molecular weight excluding hydrogens is 734 g/mol. The third-order valence-corrected chi connectivity index (χ3v) is 9.63. The van der Waals surface area contributed by atoms with Crippen molar-refractivity contribution in [3.63, 3.8) is 0 Å². The van der Waals surface area contributed by atoms with Crippen molar-refractivity contribution in [1.82, 2.24) is 24.6 Å². The summed E-state index contributed by atoms with van der Waals surface area (Å²) in [6, 6.07) is 27.9. The summed E-state index contributed by atoms with van der Waals surface area (Å²) in [6.07, 6.45) is -3.70. The van der Waals surface area contributed by atoms with Gasteiger partial charge in [-0.3, -0.25) is 4.57 Å². The van der Waals surface area contributed by atoms with Gasteiger partial charge in [-0.25, -0.2) is 19.5 Å². The van der Waals surface area contributed by atoms with Gasteiger partial charge in [-0.15, -0.1) is 29.6 Å². The van der Waals surface area contributed by atoms with Gasteiger partial charge < -0.3 is 14.8 Å². The molecule has 9 nitrogen and oxygen atoms in total. The Kier molecular flexibility index (Phi) is 11.7. The van der Waals surface area contributed by atoms with Crippen molar-refractivity contribution in [2.45, 2.75) is 59.0 Å². The van der Waals surface area contributed by atoms with Gasteiger partial charge >= 0.3 is 12.5 Å². The van der Waals surface area contributed by atoms with E-state index in [9.17, 15) is 18.0 Å². The van der Waals surface area contributed by atoms with Gasteiger partial charge in [0.05, 0.1) is 17.4 Å². The van der Waals surface area contributed by atoms with Crippen molar-refractivity contribution in [3.05, 3.63) is 142 Å². The molecule has 1 unspecified atom stereocenters. The van der Waals surface area contributed by atoms with Gasteiger partial charge in [-0.05, 0) is 66.8 Å². The highest BCUT2D eigenvalue weighted by molar-refractivity contribution is 7.80. The second-order valence-corrected chi connectivity index (χ2v) is 14.2. The summed E-state index contributed by atoms with van der Waals surface area (Å²) in [6.45, 7) is 8.56. The quantitative estimate of drug-likeness (QED) is 0.132. The Bertz CT molecular complexity index is 2300. The van der Waals surface area contributed by atoms with E-state index in [0.29, 0.717) is 28.0 Å². The molecule has 14 heteroatoms. The van der Waals surface area contributed by atoms with Crippen LogP contribution >= 0.6 is 23.6 Å². The number of halogens is 3. The summed E-state index contributed by atoms with van der Waals surface area (Å²) in [5.41, 5.74) is 7.26. The summed E-state index contributed by atoms with van der Waals surface area (Å²) in [5.74, 6) is 0.351. The molecule has 0 aliphatic rings. The molecule has 278 valence electrons. The minimum atomic E-state index is -4.78. The van der Waals surface area contributed by atoms with Gasteiger partial charge in [0.2, 0.25) is 0 Å². The lowest BCUT2D eigenvalue weighted by atomic mass is 9.98. The smallest absolute Gasteiger partial charge is 0.445 e. The van der Waals surface area contributed by atoms with Crippen LogP contribution in [-0.4, -0.2) is 36.8 Å². The number of rotatable bonds is 11. The van der Waals surface area contributed by atoms with Crippen molar-refractivity contribution in [1.29, 1.82) is 0 Å². The first-order valence-corrected chi connectivity index (χ1v) is 18.3. The van der Waals surface area contributed by atoms with Gasteiger partial charge in [0.15, 0.2) is 10.6 Å². The number of hydrogen-bond donors (Lipinski definition) is 1. The number of thiazole rings is 1. The zero-order valence-corrected chi connectivity index (χ0v) is 31.5. The molecule has 0 saturated heterocycles. The first kappa shape index (κ1) is 38.1. The molecular formula is C40H37F3N6O3S2. The molecule has 4 aromatic carbocycles. The lowest BCUT2D eigenvalue weighted by Gasteiger charge is -2.19. The fourth-order valence-electron chi connectivity index (χ4n) is 5.77. The third kappa shape index (κ3) is 9.68. The Morgan fingerprint density at radius 2 is 1.70 bits per heavy atom. The molecule has 1 atom stereocenters. The molecule has 0 aliphatic heterocycles. The number of alkyl halides is 3. The summed E-state index contributed by atoms with van der Waals surface area (Å²) in [4.78, 5) is 23.5. The highest BCUT2D eigenvalue weighted by atomic mass is 32.1. The Morgan fingerprint density at radius 1 is 0.981 bits per heavy atom. The maximum absolute atomic E-state index is 13.1. The van der Waals surface area contributed by atoms with Crippen LogP contribution in [0.2, 0.25) is 0 Å². The zero-order chi connectivity index (χ0) is 38.4. The third-order valence-electron chi connectivity index (χ3n) is 8.43. The highest BCUT2D eigenvalue weighted by Gasteiger charge is 2.31. The molecule has 0 bridgehead atoms. The minimum absolute atomic E-state index is 0.1000. The van der Waals surface area contributed by atoms with Crippen LogP contribution in [0.5, 0.6) is 5.75 Å². The summed E-state index contributed by atoms with van der Waals surface area (Å²) < 4.78 is 50.8. The first-order valence-electron chi connectivity index (χ1n) is 17.0. The predicted octanol–water partition coefficient (Wildman–Crippen LogP) is 9.71. The highest BCUT2D eigenvalue weighted by Crippen LogP contribution is 2.27. The largest absolute Gasteiger partial charge is 0.573 e. The van der Waals surface area contributed by atoms with Gasteiger partial charge in [-0.2, -0.15) is 0 Å². The minimum Gasteiger partial charge on any atom is -0.445 e. The van der Waals surface area contributed by atoms with E-state index in [-0.39, 0.29) is 18.8 Å². The molecule has 0 fully saturated rings. The maximum atomic E-state index is 13.1. The van der Waals surface area contributed by atoms with E-state index in [1.807, 2.05) is 66.9 Å². The van der Waals surface area contributed by atoms with Crippen LogP contribution in [0.4, 0.5) is 18.0 Å². The predicted molar refractivity (Wildman–Crippen MR) is 206 cm³/mol. The Morgan fingerprint density at radius 3 is 2.39 bits per heavy atom. The van der Waals surface area contributed by atoms with Crippen LogP contribution in [0.15, 0.2) is 114 Å². The average Bonchev–Trinajstić information content (AvgIpc) is 3.77. The Labute approximate surface area is 319 Å². The monoisotopic (exact) mass is 770 g/mol. The van der Waals surface area contributed by atoms with E-state index in [0.717, 1.165) is 27.3 Å². The van der Waals surface area contributed by atoms with Crippen LogP contribution < -0.4 is 14.9 Å². The molecule has 54 heavy (non-hydrogen) atoms. The normalized spacial score (nSPS) is 12.5. The average molecular weight is 771 g/mol. The number of ether oxygens (including phenoxy) is 2. The van der Waals surface area contributed by atoms with Crippen molar-refractivity contribution >= 4 is 34.6 Å². The molecule has 0 saturated carbocycles. The summed E-state index contributed by atoms with van der Waals surface area (Å²) in [7, 11) is 0. The van der Waals surface area contributed by atoms with Crippen molar-refractivity contribution < 1.29 is 27.4 Å². The number of carbonyl (C=O) groups excluding carboxylic acids is 1. The topological polar surface area (TPSA) is 95.6 Å². The molecule has 1 amide bonds. The fraction of sp³-hybridized carbons (Fsp3) is 0.225. The maximum Gasteiger partial charge on any atom is 0.573 e. The molecule has 6 aromatic rings. The van der Waals surface area contributed by atoms with E-state index in [4.69, 9.17) is 21.9 Å².